The molecule has 0 aliphatic heterocycles. The number of nitrogens with zero attached hydrogens (tertiary/aromatic N) is 1. The molecule has 2 aromatic heterocycles. The van der Waals surface area contributed by atoms with Crippen LogP contribution in [0.1, 0.15) is 43.2 Å². The van der Waals surface area contributed by atoms with Gasteiger partial charge in [0.05, 0.1) is 12.3 Å². The van der Waals surface area contributed by atoms with Gasteiger partial charge in [-0.05, 0) is 56.2 Å². The van der Waals surface area contributed by atoms with E-state index < -0.39 is 0 Å². The minimum atomic E-state index is 0.0261. The first-order chi connectivity index (χ1) is 9.65. The van der Waals surface area contributed by atoms with Crippen molar-refractivity contribution in [2.75, 3.05) is 0 Å². The van der Waals surface area contributed by atoms with Gasteiger partial charge in [-0.1, -0.05) is 6.07 Å². The molecule has 2 N–H and O–H groups in total. The van der Waals surface area contributed by atoms with Crippen LogP contribution >= 0.6 is 11.3 Å². The van der Waals surface area contributed by atoms with Gasteiger partial charge in [-0.2, -0.15) is 0 Å². The van der Waals surface area contributed by atoms with Crippen LogP contribution in [0.2, 0.25) is 0 Å². The summed E-state index contributed by atoms with van der Waals surface area (Å²) in [6.07, 6.45) is 6.88. The predicted octanol–water partition coefficient (Wildman–Crippen LogP) is 3.95. The molecule has 0 spiro atoms. The van der Waals surface area contributed by atoms with Crippen LogP contribution in [0, 0.1) is 0 Å². The lowest BCUT2D eigenvalue weighted by atomic mass is 10.0. The predicted molar refractivity (Wildman–Crippen MR) is 84.2 cm³/mol. The average Bonchev–Trinajstić information content (AvgIpc) is 2.91. The standard InChI is InChI=1S/C16H22N2OS/c1-12(2)19-14-9-13(10-18-11-14)16(17)7-3-5-15-6-4-8-20-15/h4,6,8-12,16H,3,5,7,17H2,1-2H3. The maximum atomic E-state index is 6.24. The van der Waals surface area contributed by atoms with Crippen molar-refractivity contribution in [2.45, 2.75) is 45.3 Å². The van der Waals surface area contributed by atoms with Crippen LogP contribution in [0.15, 0.2) is 36.0 Å². The number of hydrogen-bond acceptors (Lipinski definition) is 4. The summed E-state index contributed by atoms with van der Waals surface area (Å²) in [5, 5.41) is 2.12. The molecule has 2 heterocycles. The van der Waals surface area contributed by atoms with Gasteiger partial charge < -0.3 is 10.5 Å². The van der Waals surface area contributed by atoms with Crippen LogP contribution in [0.5, 0.6) is 5.75 Å². The van der Waals surface area contributed by atoms with Crippen LogP contribution in [-0.4, -0.2) is 11.1 Å². The molecule has 20 heavy (non-hydrogen) atoms. The molecule has 2 aromatic rings. The Kier molecular flexibility index (Phi) is 5.56. The third-order valence-corrected chi connectivity index (χ3v) is 3.99. The number of aryl methyl sites for hydroxylation is 1. The van der Waals surface area contributed by atoms with Gasteiger partial charge in [0, 0.05) is 17.1 Å². The first kappa shape index (κ1) is 15.0. The highest BCUT2D eigenvalue weighted by Gasteiger charge is 2.08. The summed E-state index contributed by atoms with van der Waals surface area (Å²) in [6.45, 7) is 4.02. The second kappa shape index (κ2) is 7.41. The molecule has 0 bridgehead atoms. The van der Waals surface area contributed by atoms with Gasteiger partial charge in [0.2, 0.25) is 0 Å². The van der Waals surface area contributed by atoms with Crippen molar-refractivity contribution in [3.05, 3.63) is 46.4 Å². The van der Waals surface area contributed by atoms with E-state index in [4.69, 9.17) is 10.5 Å². The van der Waals surface area contributed by atoms with E-state index in [0.29, 0.717) is 0 Å². The first-order valence-electron chi connectivity index (χ1n) is 7.04. The van der Waals surface area contributed by atoms with Crippen LogP contribution in [0.4, 0.5) is 0 Å². The summed E-state index contributed by atoms with van der Waals surface area (Å²) < 4.78 is 5.65. The van der Waals surface area contributed by atoms with Crippen molar-refractivity contribution >= 4 is 11.3 Å². The van der Waals surface area contributed by atoms with Crippen molar-refractivity contribution in [3.8, 4) is 5.75 Å². The summed E-state index contributed by atoms with van der Waals surface area (Å²) >= 11 is 1.81. The Morgan fingerprint density at radius 3 is 2.90 bits per heavy atom. The fraction of sp³-hybridized carbons (Fsp3) is 0.438. The highest BCUT2D eigenvalue weighted by atomic mass is 32.1. The minimum Gasteiger partial charge on any atom is -0.489 e. The molecule has 0 aromatic carbocycles. The Morgan fingerprint density at radius 1 is 1.35 bits per heavy atom. The zero-order valence-corrected chi connectivity index (χ0v) is 12.9. The summed E-state index contributed by atoms with van der Waals surface area (Å²) in [4.78, 5) is 5.64. The Labute approximate surface area is 124 Å². The van der Waals surface area contributed by atoms with Crippen molar-refractivity contribution in [2.24, 2.45) is 5.73 Å². The van der Waals surface area contributed by atoms with Gasteiger partial charge in [0.1, 0.15) is 5.75 Å². The number of pyridine rings is 1. The molecule has 2 rings (SSSR count). The van der Waals surface area contributed by atoms with E-state index in [9.17, 15) is 0 Å². The maximum Gasteiger partial charge on any atom is 0.138 e. The van der Waals surface area contributed by atoms with Gasteiger partial charge in [0.15, 0.2) is 0 Å². The Hall–Kier alpha value is -1.39. The molecule has 0 amide bonds. The quantitative estimate of drug-likeness (QED) is 0.840. The number of hydrogen-bond donors (Lipinski definition) is 1. The van der Waals surface area contributed by atoms with Gasteiger partial charge >= 0.3 is 0 Å². The second-order valence-corrected chi connectivity index (χ2v) is 6.23. The molecule has 0 saturated heterocycles. The molecule has 0 radical (unpaired) electrons. The molecule has 3 nitrogen and oxygen atoms in total. The topological polar surface area (TPSA) is 48.1 Å². The number of rotatable bonds is 7. The zero-order valence-electron chi connectivity index (χ0n) is 12.1. The number of aromatic nitrogens is 1. The van der Waals surface area contributed by atoms with Crippen molar-refractivity contribution in [1.82, 2.24) is 4.98 Å². The average molecular weight is 290 g/mol. The molecule has 1 unspecified atom stereocenters. The lowest BCUT2D eigenvalue weighted by Gasteiger charge is -2.14. The fourth-order valence-corrected chi connectivity index (χ4v) is 2.84. The molecule has 1 atom stereocenters. The first-order valence-corrected chi connectivity index (χ1v) is 7.92. The lowest BCUT2D eigenvalue weighted by Crippen LogP contribution is -2.12. The number of ether oxygens (including phenoxy) is 1. The van der Waals surface area contributed by atoms with Crippen molar-refractivity contribution in [1.29, 1.82) is 0 Å². The van der Waals surface area contributed by atoms with Crippen LogP contribution in [0.3, 0.4) is 0 Å². The molecule has 0 aliphatic rings. The molecule has 0 fully saturated rings. The molecule has 0 aliphatic carbocycles. The third-order valence-electron chi connectivity index (χ3n) is 3.05. The molecule has 108 valence electrons. The summed E-state index contributed by atoms with van der Waals surface area (Å²) in [5.41, 5.74) is 7.29. The highest BCUT2D eigenvalue weighted by Crippen LogP contribution is 2.22. The normalized spacial score (nSPS) is 12.6. The summed E-state index contributed by atoms with van der Waals surface area (Å²) in [5.74, 6) is 0.797. The van der Waals surface area contributed by atoms with E-state index in [0.717, 1.165) is 30.6 Å². The van der Waals surface area contributed by atoms with Gasteiger partial charge in [-0.3, -0.25) is 4.98 Å². The Balaban J connectivity index is 1.86. The summed E-state index contributed by atoms with van der Waals surface area (Å²) in [7, 11) is 0. The minimum absolute atomic E-state index is 0.0261. The monoisotopic (exact) mass is 290 g/mol. The van der Waals surface area contributed by atoms with Crippen molar-refractivity contribution < 1.29 is 4.74 Å². The highest BCUT2D eigenvalue weighted by molar-refractivity contribution is 7.09. The third kappa shape index (κ3) is 4.62. The lowest BCUT2D eigenvalue weighted by molar-refractivity contribution is 0.241. The Bertz CT molecular complexity index is 511. The maximum absolute atomic E-state index is 6.24. The van der Waals surface area contributed by atoms with E-state index in [1.807, 2.05) is 26.1 Å². The van der Waals surface area contributed by atoms with E-state index >= 15 is 0 Å². The van der Waals surface area contributed by atoms with E-state index in [1.165, 1.54) is 4.88 Å². The molecule has 0 saturated carbocycles. The summed E-state index contributed by atoms with van der Waals surface area (Å²) in [6, 6.07) is 6.30. The largest absolute Gasteiger partial charge is 0.489 e. The zero-order chi connectivity index (χ0) is 14.4. The van der Waals surface area contributed by atoms with E-state index in [2.05, 4.69) is 22.5 Å². The van der Waals surface area contributed by atoms with Crippen LogP contribution in [0.25, 0.3) is 0 Å². The fourth-order valence-electron chi connectivity index (χ4n) is 2.09. The smallest absolute Gasteiger partial charge is 0.138 e. The molecular formula is C16H22N2OS. The second-order valence-electron chi connectivity index (χ2n) is 5.20. The SMILES string of the molecule is CC(C)Oc1cncc(C(N)CCCc2cccs2)c1. The van der Waals surface area contributed by atoms with E-state index in [-0.39, 0.29) is 12.1 Å². The molecule has 4 heteroatoms. The van der Waals surface area contributed by atoms with Gasteiger partial charge in [-0.15, -0.1) is 11.3 Å². The number of nitrogens with two attached hydrogens (primary N) is 1. The van der Waals surface area contributed by atoms with Crippen LogP contribution < -0.4 is 10.5 Å². The Morgan fingerprint density at radius 2 is 2.20 bits per heavy atom. The van der Waals surface area contributed by atoms with Crippen LogP contribution in [-0.2, 0) is 6.42 Å². The van der Waals surface area contributed by atoms with E-state index in [1.54, 1.807) is 17.5 Å². The number of thiophene rings is 1. The van der Waals surface area contributed by atoms with Gasteiger partial charge in [-0.25, -0.2) is 0 Å². The van der Waals surface area contributed by atoms with Gasteiger partial charge in [0.25, 0.3) is 0 Å². The molecular weight excluding hydrogens is 268 g/mol. The van der Waals surface area contributed by atoms with Crippen molar-refractivity contribution in [3.63, 3.8) is 0 Å².